The standard InChI is InChI=1S/C18H21N5O3S/c19-17(25)15-11-23(13-3-1-2-4-14(13)26-15)16(24)12-21-6-8-22(9-7-21)18-20-5-10-27-18/h1-5,10,15H,6-9,11-12H2,(H2,19,25)/t15-/m1/s1. The van der Waals surface area contributed by atoms with Crippen LogP contribution in [0.3, 0.4) is 0 Å². The van der Waals surface area contributed by atoms with Gasteiger partial charge in [-0.15, -0.1) is 11.3 Å². The quantitative estimate of drug-likeness (QED) is 0.824. The lowest BCUT2D eigenvalue weighted by atomic mass is 10.1. The summed E-state index contributed by atoms with van der Waals surface area (Å²) in [6, 6.07) is 7.23. The molecule has 2 aromatic rings. The third kappa shape index (κ3) is 3.74. The van der Waals surface area contributed by atoms with Crippen molar-refractivity contribution in [2.75, 3.05) is 49.1 Å². The molecule has 0 spiro atoms. The molecule has 2 aliphatic rings. The average molecular weight is 387 g/mol. The van der Waals surface area contributed by atoms with Crippen molar-refractivity contribution < 1.29 is 14.3 Å². The second-order valence-corrected chi connectivity index (χ2v) is 7.43. The van der Waals surface area contributed by atoms with Gasteiger partial charge >= 0.3 is 0 Å². The van der Waals surface area contributed by atoms with Gasteiger partial charge in [0.1, 0.15) is 5.75 Å². The summed E-state index contributed by atoms with van der Waals surface area (Å²) in [6.45, 7) is 3.69. The van der Waals surface area contributed by atoms with Crippen molar-refractivity contribution in [3.05, 3.63) is 35.8 Å². The third-order valence-electron chi connectivity index (χ3n) is 4.81. The monoisotopic (exact) mass is 387 g/mol. The lowest BCUT2D eigenvalue weighted by molar-refractivity contribution is -0.125. The van der Waals surface area contributed by atoms with Gasteiger partial charge in [0.25, 0.3) is 5.91 Å². The number of ether oxygens (including phenoxy) is 1. The summed E-state index contributed by atoms with van der Waals surface area (Å²) in [7, 11) is 0. The third-order valence-corrected chi connectivity index (χ3v) is 5.65. The van der Waals surface area contributed by atoms with Crippen molar-refractivity contribution in [2.24, 2.45) is 5.73 Å². The summed E-state index contributed by atoms with van der Waals surface area (Å²) in [6.07, 6.45) is 0.978. The van der Waals surface area contributed by atoms with Gasteiger partial charge in [0.05, 0.1) is 18.8 Å². The number of piperazine rings is 1. The van der Waals surface area contributed by atoms with Crippen LogP contribution in [0.5, 0.6) is 5.75 Å². The predicted octanol–water partition coefficient (Wildman–Crippen LogP) is 0.545. The van der Waals surface area contributed by atoms with Crippen LogP contribution >= 0.6 is 11.3 Å². The molecule has 0 bridgehead atoms. The van der Waals surface area contributed by atoms with Gasteiger partial charge < -0.3 is 20.3 Å². The van der Waals surface area contributed by atoms with E-state index in [1.54, 1.807) is 28.5 Å². The van der Waals surface area contributed by atoms with Crippen LogP contribution in [0.1, 0.15) is 0 Å². The first kappa shape index (κ1) is 17.7. The van der Waals surface area contributed by atoms with Gasteiger partial charge in [-0.3, -0.25) is 14.5 Å². The largest absolute Gasteiger partial charge is 0.477 e. The summed E-state index contributed by atoms with van der Waals surface area (Å²) in [5.41, 5.74) is 6.09. The molecule has 1 saturated heterocycles. The maximum atomic E-state index is 13.0. The highest BCUT2D eigenvalue weighted by Crippen LogP contribution is 2.33. The van der Waals surface area contributed by atoms with Gasteiger partial charge in [-0.25, -0.2) is 4.98 Å². The molecular weight excluding hydrogens is 366 g/mol. The molecular formula is C18H21N5O3S. The molecule has 4 rings (SSSR count). The van der Waals surface area contributed by atoms with Crippen LogP contribution in [0.25, 0.3) is 0 Å². The Morgan fingerprint density at radius 1 is 1.22 bits per heavy atom. The number of primary amides is 1. The summed E-state index contributed by atoms with van der Waals surface area (Å²) >= 11 is 1.63. The number of nitrogens with two attached hydrogens (primary N) is 1. The Hall–Kier alpha value is -2.65. The Morgan fingerprint density at radius 3 is 2.70 bits per heavy atom. The molecule has 3 heterocycles. The number of nitrogens with zero attached hydrogens (tertiary/aromatic N) is 4. The molecule has 0 saturated carbocycles. The molecule has 1 atom stereocenters. The normalized spacial score (nSPS) is 20.1. The molecule has 2 N–H and O–H groups in total. The van der Waals surface area contributed by atoms with Crippen LogP contribution in [0.2, 0.25) is 0 Å². The molecule has 9 heteroatoms. The summed E-state index contributed by atoms with van der Waals surface area (Å²) in [4.78, 5) is 34.9. The minimum Gasteiger partial charge on any atom is -0.477 e. The van der Waals surface area contributed by atoms with E-state index in [1.165, 1.54) is 0 Å². The number of amides is 2. The number of hydrogen-bond acceptors (Lipinski definition) is 7. The molecule has 8 nitrogen and oxygen atoms in total. The van der Waals surface area contributed by atoms with Gasteiger partial charge in [0, 0.05) is 37.8 Å². The number of para-hydroxylation sites is 2. The lowest BCUT2D eigenvalue weighted by Gasteiger charge is -2.37. The van der Waals surface area contributed by atoms with E-state index in [-0.39, 0.29) is 12.5 Å². The van der Waals surface area contributed by atoms with Gasteiger partial charge in [-0.1, -0.05) is 12.1 Å². The van der Waals surface area contributed by atoms with Gasteiger partial charge in [0.15, 0.2) is 11.2 Å². The number of thiazole rings is 1. The SMILES string of the molecule is NC(=O)[C@H]1CN(C(=O)CN2CCN(c3nccs3)CC2)c2ccccc2O1. The minimum absolute atomic E-state index is 0.0558. The molecule has 0 unspecified atom stereocenters. The van der Waals surface area contributed by atoms with E-state index < -0.39 is 12.0 Å². The number of anilines is 2. The highest BCUT2D eigenvalue weighted by Gasteiger charge is 2.33. The smallest absolute Gasteiger partial charge is 0.260 e. The molecule has 142 valence electrons. The maximum Gasteiger partial charge on any atom is 0.260 e. The predicted molar refractivity (Wildman–Crippen MR) is 103 cm³/mol. The summed E-state index contributed by atoms with van der Waals surface area (Å²) < 4.78 is 5.62. The number of aromatic nitrogens is 1. The molecule has 0 aliphatic carbocycles. The van der Waals surface area contributed by atoms with Gasteiger partial charge in [-0.2, -0.15) is 0 Å². The molecule has 2 amide bonds. The highest BCUT2D eigenvalue weighted by molar-refractivity contribution is 7.13. The van der Waals surface area contributed by atoms with E-state index in [2.05, 4.69) is 14.8 Å². The van der Waals surface area contributed by atoms with E-state index in [9.17, 15) is 9.59 Å². The Kier molecular flexibility index (Phi) is 4.95. The van der Waals surface area contributed by atoms with Crippen LogP contribution in [0.4, 0.5) is 10.8 Å². The first-order valence-corrected chi connectivity index (χ1v) is 9.72. The molecule has 2 aliphatic heterocycles. The summed E-state index contributed by atoms with van der Waals surface area (Å²) in [5, 5.41) is 2.99. The second-order valence-electron chi connectivity index (χ2n) is 6.56. The number of rotatable bonds is 4. The van der Waals surface area contributed by atoms with Crippen molar-refractivity contribution in [3.8, 4) is 5.75 Å². The van der Waals surface area contributed by atoms with Crippen molar-refractivity contribution in [3.63, 3.8) is 0 Å². The zero-order valence-electron chi connectivity index (χ0n) is 14.8. The van der Waals surface area contributed by atoms with Crippen molar-refractivity contribution in [2.45, 2.75) is 6.10 Å². The summed E-state index contributed by atoms with van der Waals surface area (Å²) in [5.74, 6) is -0.117. The van der Waals surface area contributed by atoms with Crippen LogP contribution in [-0.2, 0) is 9.59 Å². The first-order valence-electron chi connectivity index (χ1n) is 8.84. The number of hydrogen-bond donors (Lipinski definition) is 1. The fraction of sp³-hybridized carbons (Fsp3) is 0.389. The Balaban J connectivity index is 1.41. The molecule has 1 aromatic heterocycles. The molecule has 27 heavy (non-hydrogen) atoms. The minimum atomic E-state index is -0.828. The van der Waals surface area contributed by atoms with E-state index >= 15 is 0 Å². The fourth-order valence-electron chi connectivity index (χ4n) is 3.36. The van der Waals surface area contributed by atoms with E-state index in [1.807, 2.05) is 23.6 Å². The van der Waals surface area contributed by atoms with Crippen molar-refractivity contribution in [1.29, 1.82) is 0 Å². The van der Waals surface area contributed by atoms with Crippen LogP contribution < -0.4 is 20.3 Å². The van der Waals surface area contributed by atoms with E-state index in [0.717, 1.165) is 31.3 Å². The highest BCUT2D eigenvalue weighted by atomic mass is 32.1. The van der Waals surface area contributed by atoms with Crippen LogP contribution in [-0.4, -0.2) is 67.1 Å². The molecule has 1 fully saturated rings. The van der Waals surface area contributed by atoms with Crippen molar-refractivity contribution in [1.82, 2.24) is 9.88 Å². The zero-order chi connectivity index (χ0) is 18.8. The van der Waals surface area contributed by atoms with Crippen LogP contribution in [0.15, 0.2) is 35.8 Å². The molecule has 1 aromatic carbocycles. The molecule has 0 radical (unpaired) electrons. The Labute approximate surface area is 161 Å². The van der Waals surface area contributed by atoms with Crippen LogP contribution in [0, 0.1) is 0 Å². The first-order chi connectivity index (χ1) is 13.1. The van der Waals surface area contributed by atoms with Gasteiger partial charge in [-0.05, 0) is 12.1 Å². The van der Waals surface area contributed by atoms with E-state index in [0.29, 0.717) is 18.0 Å². The number of carbonyl (C=O) groups excluding carboxylic acids is 2. The van der Waals surface area contributed by atoms with E-state index in [4.69, 9.17) is 10.5 Å². The topological polar surface area (TPSA) is 92.0 Å². The average Bonchev–Trinajstić information content (AvgIpc) is 3.22. The Bertz CT molecular complexity index is 820. The number of fused-ring (bicyclic) bond motifs is 1. The lowest BCUT2D eigenvalue weighted by Crippen LogP contribution is -2.54. The number of benzene rings is 1. The van der Waals surface area contributed by atoms with Gasteiger partial charge in [0.2, 0.25) is 5.91 Å². The second kappa shape index (κ2) is 7.53. The fourth-order valence-corrected chi connectivity index (χ4v) is 4.06. The maximum absolute atomic E-state index is 13.0. The van der Waals surface area contributed by atoms with Crippen molar-refractivity contribution >= 4 is 34.0 Å². The number of carbonyl (C=O) groups is 2. The zero-order valence-corrected chi connectivity index (χ0v) is 15.6. The Morgan fingerprint density at radius 2 is 2.00 bits per heavy atom.